The van der Waals surface area contributed by atoms with Gasteiger partial charge in [-0.1, -0.05) is 79.6 Å². The van der Waals surface area contributed by atoms with E-state index in [0.717, 1.165) is 72.0 Å². The van der Waals surface area contributed by atoms with Crippen molar-refractivity contribution >= 4 is 17.8 Å². The summed E-state index contributed by atoms with van der Waals surface area (Å²) in [4.78, 5) is 38.8. The molecular formula is C42H55N3O8. The molecule has 3 aromatic rings. The molecule has 5 rings (SSSR count). The Hall–Kier alpha value is -4.13. The number of nitrogens with zero attached hydrogens (tertiary/aromatic N) is 1. The van der Waals surface area contributed by atoms with Gasteiger partial charge in [-0.25, -0.2) is 5.48 Å². The first kappa shape index (κ1) is 40.1. The number of hydrogen-bond acceptors (Lipinski definition) is 9. The number of hydroxylamine groups is 1. The highest BCUT2D eigenvalue weighted by molar-refractivity contribution is 5.77. The lowest BCUT2D eigenvalue weighted by Crippen LogP contribution is -2.45. The van der Waals surface area contributed by atoms with Gasteiger partial charge in [0.25, 0.3) is 0 Å². The standard InChI is InChI=1S/C42H55N3O8/c1-42(2,3)53-40(49)36-12-9-23-45(36)27-35-25-37(32-17-15-29(28-46)16-18-32)52-41(51-35)33-21-19-31(20-22-33)34-11-8-10-30(24-34)26-43-38(47)13-6-4-5-7-14-39(48)44-50/h8,10-11,15-22,24,35-37,41,46,50H,4-7,9,12-14,23,25-28H2,1-3H3,(H,43,47)(H,44,48)/t35-,36-,37+,41+/m0/s1. The van der Waals surface area contributed by atoms with Crippen LogP contribution in [0.3, 0.4) is 0 Å². The number of hydrogen-bond donors (Lipinski definition) is 4. The third-order valence-corrected chi connectivity index (χ3v) is 9.71. The van der Waals surface area contributed by atoms with Crippen molar-refractivity contribution in [3.63, 3.8) is 0 Å². The van der Waals surface area contributed by atoms with Gasteiger partial charge in [0, 0.05) is 37.9 Å². The highest BCUT2D eigenvalue weighted by Crippen LogP contribution is 2.39. The molecule has 4 atom stereocenters. The summed E-state index contributed by atoms with van der Waals surface area (Å²) in [5, 5.41) is 21.2. The molecule has 11 nitrogen and oxygen atoms in total. The van der Waals surface area contributed by atoms with Crippen LogP contribution in [-0.4, -0.2) is 63.8 Å². The van der Waals surface area contributed by atoms with Crippen molar-refractivity contribution in [2.24, 2.45) is 0 Å². The normalized spacial score (nSPS) is 20.5. The van der Waals surface area contributed by atoms with Crippen LogP contribution in [0.15, 0.2) is 72.8 Å². The highest BCUT2D eigenvalue weighted by atomic mass is 16.7. The van der Waals surface area contributed by atoms with Crippen molar-refractivity contribution in [2.45, 2.75) is 122 Å². The summed E-state index contributed by atoms with van der Waals surface area (Å²) in [6, 6.07) is 23.8. The fraction of sp³-hybridized carbons (Fsp3) is 0.500. The Morgan fingerprint density at radius 1 is 0.849 bits per heavy atom. The Kier molecular flexibility index (Phi) is 14.6. The number of nitrogens with one attached hydrogen (secondary N) is 2. The van der Waals surface area contributed by atoms with Crippen molar-refractivity contribution in [1.82, 2.24) is 15.7 Å². The average Bonchev–Trinajstić information content (AvgIpc) is 3.63. The summed E-state index contributed by atoms with van der Waals surface area (Å²) in [6.45, 7) is 7.47. The van der Waals surface area contributed by atoms with Gasteiger partial charge in [-0.2, -0.15) is 0 Å². The lowest BCUT2D eigenvalue weighted by molar-refractivity contribution is -0.253. The van der Waals surface area contributed by atoms with E-state index >= 15 is 0 Å². The number of aliphatic hydroxyl groups excluding tert-OH is 1. The molecule has 11 heteroatoms. The van der Waals surface area contributed by atoms with Gasteiger partial charge in [0.1, 0.15) is 11.6 Å². The number of unbranched alkanes of at least 4 members (excludes halogenated alkanes) is 3. The van der Waals surface area contributed by atoms with Crippen molar-refractivity contribution in [3.05, 3.63) is 95.1 Å². The molecule has 0 unspecified atom stereocenters. The van der Waals surface area contributed by atoms with Crippen LogP contribution >= 0.6 is 0 Å². The van der Waals surface area contributed by atoms with Crippen molar-refractivity contribution < 1.29 is 38.9 Å². The first-order chi connectivity index (χ1) is 25.5. The topological polar surface area (TPSA) is 147 Å². The maximum absolute atomic E-state index is 13.1. The van der Waals surface area contributed by atoms with E-state index in [0.29, 0.717) is 32.4 Å². The minimum Gasteiger partial charge on any atom is -0.459 e. The summed E-state index contributed by atoms with van der Waals surface area (Å²) in [5.74, 6) is -0.582. The van der Waals surface area contributed by atoms with Crippen LogP contribution in [0.25, 0.3) is 11.1 Å². The molecular weight excluding hydrogens is 674 g/mol. The molecule has 2 heterocycles. The summed E-state index contributed by atoms with van der Waals surface area (Å²) < 4.78 is 19.0. The summed E-state index contributed by atoms with van der Waals surface area (Å²) in [7, 11) is 0. The van der Waals surface area contributed by atoms with Gasteiger partial charge in [0.15, 0.2) is 6.29 Å². The highest BCUT2D eigenvalue weighted by Gasteiger charge is 2.39. The van der Waals surface area contributed by atoms with Gasteiger partial charge >= 0.3 is 5.97 Å². The molecule has 2 fully saturated rings. The molecule has 286 valence electrons. The molecule has 2 saturated heterocycles. The quantitative estimate of drug-likeness (QED) is 0.0550. The second-order valence-electron chi connectivity index (χ2n) is 15.1. The Balaban J connectivity index is 1.21. The molecule has 2 aliphatic rings. The van der Waals surface area contributed by atoms with Gasteiger partial charge in [-0.15, -0.1) is 0 Å². The largest absolute Gasteiger partial charge is 0.459 e. The molecule has 0 radical (unpaired) electrons. The molecule has 0 aromatic heterocycles. The van der Waals surface area contributed by atoms with Gasteiger partial charge in [-0.05, 0) is 86.9 Å². The van der Waals surface area contributed by atoms with Gasteiger partial charge in [0.05, 0.1) is 18.8 Å². The minimum atomic E-state index is -0.616. The molecule has 2 amide bonds. The van der Waals surface area contributed by atoms with E-state index in [1.165, 1.54) is 0 Å². The van der Waals surface area contributed by atoms with Crippen LogP contribution in [0.1, 0.15) is 113 Å². The molecule has 2 aliphatic heterocycles. The van der Waals surface area contributed by atoms with Gasteiger partial charge in [0.2, 0.25) is 11.8 Å². The third-order valence-electron chi connectivity index (χ3n) is 9.71. The van der Waals surface area contributed by atoms with Crippen LogP contribution in [0.4, 0.5) is 0 Å². The Labute approximate surface area is 313 Å². The number of carbonyl (C=O) groups excluding carboxylic acids is 3. The number of benzene rings is 3. The van der Waals surface area contributed by atoms with Crippen molar-refractivity contribution in [2.75, 3.05) is 13.1 Å². The molecule has 3 aromatic carbocycles. The van der Waals surface area contributed by atoms with Crippen LogP contribution in [0.2, 0.25) is 0 Å². The van der Waals surface area contributed by atoms with E-state index in [2.05, 4.69) is 28.4 Å². The third kappa shape index (κ3) is 12.2. The van der Waals surface area contributed by atoms with E-state index in [-0.39, 0.29) is 49.1 Å². The molecule has 0 saturated carbocycles. The van der Waals surface area contributed by atoms with Gasteiger partial charge < -0.3 is 24.6 Å². The van der Waals surface area contributed by atoms with E-state index in [1.54, 1.807) is 5.48 Å². The maximum Gasteiger partial charge on any atom is 0.323 e. The van der Waals surface area contributed by atoms with E-state index in [1.807, 2.05) is 75.4 Å². The summed E-state index contributed by atoms with van der Waals surface area (Å²) in [6.07, 6.45) is 5.08. The predicted octanol–water partition coefficient (Wildman–Crippen LogP) is 6.66. The lowest BCUT2D eigenvalue weighted by Gasteiger charge is -2.38. The maximum atomic E-state index is 13.1. The van der Waals surface area contributed by atoms with Crippen LogP contribution in [-0.2, 0) is 41.7 Å². The lowest BCUT2D eigenvalue weighted by atomic mass is 9.98. The number of esters is 1. The number of aliphatic hydroxyl groups is 1. The van der Waals surface area contributed by atoms with Crippen molar-refractivity contribution in [3.8, 4) is 11.1 Å². The van der Waals surface area contributed by atoms with Crippen LogP contribution in [0, 0.1) is 0 Å². The Morgan fingerprint density at radius 2 is 1.55 bits per heavy atom. The SMILES string of the molecule is CC(C)(C)OC(=O)[C@@H]1CCCN1C[C@@H]1C[C@H](c2ccc(CO)cc2)O[C@H](c2ccc(-c3cccc(CNC(=O)CCCCCCC(=O)NO)c3)cc2)O1. The van der Waals surface area contributed by atoms with E-state index in [4.69, 9.17) is 19.4 Å². The minimum absolute atomic E-state index is 0.00798. The Morgan fingerprint density at radius 3 is 2.23 bits per heavy atom. The molecule has 0 aliphatic carbocycles. The van der Waals surface area contributed by atoms with Gasteiger partial charge in [-0.3, -0.25) is 24.5 Å². The monoisotopic (exact) mass is 729 g/mol. The number of amides is 2. The van der Waals surface area contributed by atoms with E-state index in [9.17, 15) is 19.5 Å². The molecule has 53 heavy (non-hydrogen) atoms. The second-order valence-corrected chi connectivity index (χ2v) is 15.1. The zero-order chi connectivity index (χ0) is 37.8. The summed E-state index contributed by atoms with van der Waals surface area (Å²) >= 11 is 0. The predicted molar refractivity (Wildman–Crippen MR) is 200 cm³/mol. The number of carbonyl (C=O) groups is 3. The first-order valence-electron chi connectivity index (χ1n) is 18.9. The number of rotatable bonds is 16. The molecule has 0 spiro atoms. The fourth-order valence-electron chi connectivity index (χ4n) is 6.94. The zero-order valence-corrected chi connectivity index (χ0v) is 31.2. The second kappa shape index (κ2) is 19.3. The molecule has 4 N–H and O–H groups in total. The number of ether oxygens (including phenoxy) is 3. The van der Waals surface area contributed by atoms with Crippen molar-refractivity contribution in [1.29, 1.82) is 0 Å². The van der Waals surface area contributed by atoms with Crippen LogP contribution in [0.5, 0.6) is 0 Å². The smallest absolute Gasteiger partial charge is 0.323 e. The number of likely N-dealkylation sites (tertiary alicyclic amines) is 1. The first-order valence-corrected chi connectivity index (χ1v) is 18.9. The fourth-order valence-corrected chi connectivity index (χ4v) is 6.94. The Bertz CT molecular complexity index is 1640. The zero-order valence-electron chi connectivity index (χ0n) is 31.2. The van der Waals surface area contributed by atoms with Crippen LogP contribution < -0.4 is 10.8 Å². The summed E-state index contributed by atoms with van der Waals surface area (Å²) in [5.41, 5.74) is 6.88. The average molecular weight is 730 g/mol. The molecule has 0 bridgehead atoms. The van der Waals surface area contributed by atoms with E-state index < -0.39 is 11.9 Å².